The third-order valence-corrected chi connectivity index (χ3v) is 3.68. The molecule has 94 valence electrons. The van der Waals surface area contributed by atoms with E-state index in [2.05, 4.69) is 27.0 Å². The number of halogens is 3. The minimum atomic E-state index is 0.319. The largest absolute Gasteiger partial charge is 0.265 e. The van der Waals surface area contributed by atoms with Crippen LogP contribution in [0.5, 0.6) is 0 Å². The minimum Gasteiger partial charge on any atom is -0.265 e. The van der Waals surface area contributed by atoms with Crippen LogP contribution in [-0.4, -0.2) is 4.98 Å². The first-order valence-corrected chi connectivity index (χ1v) is 6.84. The highest BCUT2D eigenvalue weighted by Crippen LogP contribution is 2.34. The summed E-state index contributed by atoms with van der Waals surface area (Å²) in [5, 5.41) is 10.1. The number of nitriles is 1. The molecule has 0 aliphatic heterocycles. The predicted octanol–water partition coefficient (Wildman–Crippen LogP) is 5.13. The summed E-state index contributed by atoms with van der Waals surface area (Å²) < 4.78 is 0.845. The van der Waals surface area contributed by atoms with E-state index in [0.717, 1.165) is 4.47 Å². The van der Waals surface area contributed by atoms with Crippen molar-refractivity contribution in [3.05, 3.63) is 63.3 Å². The maximum atomic E-state index is 9.30. The molecular weight excluding hydrogens is 347 g/mol. The molecular formula is C14H7BrCl2N2. The van der Waals surface area contributed by atoms with Gasteiger partial charge in [0.25, 0.3) is 0 Å². The van der Waals surface area contributed by atoms with Gasteiger partial charge >= 0.3 is 0 Å². The van der Waals surface area contributed by atoms with Crippen LogP contribution in [0.15, 0.2) is 47.2 Å². The summed E-state index contributed by atoms with van der Waals surface area (Å²) >= 11 is 15.8. The Bertz CT molecular complexity index is 676. The summed E-state index contributed by atoms with van der Waals surface area (Å²) in [5.74, 6) is 0. The molecule has 0 atom stereocenters. The molecule has 1 aromatic heterocycles. The van der Waals surface area contributed by atoms with Gasteiger partial charge in [-0.05, 0) is 35.9 Å². The fourth-order valence-corrected chi connectivity index (χ4v) is 2.49. The van der Waals surface area contributed by atoms with Gasteiger partial charge in [0.05, 0.1) is 10.6 Å². The molecule has 2 rings (SSSR count). The van der Waals surface area contributed by atoms with Crippen molar-refractivity contribution in [1.82, 2.24) is 4.98 Å². The molecule has 0 bridgehead atoms. The number of allylic oxidation sites excluding steroid dienone is 1. The molecule has 1 heterocycles. The van der Waals surface area contributed by atoms with Gasteiger partial charge in [-0.25, -0.2) is 0 Å². The fourth-order valence-electron chi connectivity index (χ4n) is 1.56. The summed E-state index contributed by atoms with van der Waals surface area (Å²) in [6.45, 7) is 0. The zero-order valence-electron chi connectivity index (χ0n) is 9.57. The van der Waals surface area contributed by atoms with Crippen LogP contribution in [0.25, 0.3) is 10.6 Å². The molecule has 2 aromatic rings. The monoisotopic (exact) mass is 352 g/mol. The number of nitrogens with zero attached hydrogens (tertiary/aromatic N) is 2. The van der Waals surface area contributed by atoms with E-state index in [-0.39, 0.29) is 0 Å². The molecule has 0 aliphatic rings. The van der Waals surface area contributed by atoms with Crippen LogP contribution in [-0.2, 0) is 0 Å². The van der Waals surface area contributed by atoms with Crippen molar-refractivity contribution in [2.24, 2.45) is 0 Å². The normalized spacial score (nSPS) is 11.7. The van der Waals surface area contributed by atoms with Crippen LogP contribution in [0.2, 0.25) is 5.02 Å². The quantitative estimate of drug-likeness (QED) is 0.702. The Hall–Kier alpha value is -1.34. The lowest BCUT2D eigenvalue weighted by atomic mass is 10.0. The van der Waals surface area contributed by atoms with E-state index in [0.29, 0.717) is 26.8 Å². The molecule has 0 aliphatic carbocycles. The van der Waals surface area contributed by atoms with Gasteiger partial charge in [-0.1, -0.05) is 39.1 Å². The van der Waals surface area contributed by atoms with Gasteiger partial charge in [0.2, 0.25) is 0 Å². The molecule has 0 spiro atoms. The molecule has 0 amide bonds. The average Bonchev–Trinajstić information content (AvgIpc) is 2.43. The number of rotatable bonds is 2. The van der Waals surface area contributed by atoms with Crippen LogP contribution in [0.3, 0.4) is 0 Å². The van der Waals surface area contributed by atoms with E-state index in [1.54, 1.807) is 36.7 Å². The highest BCUT2D eigenvalue weighted by atomic mass is 79.9. The van der Waals surface area contributed by atoms with E-state index >= 15 is 0 Å². The lowest BCUT2D eigenvalue weighted by Crippen LogP contribution is -1.88. The van der Waals surface area contributed by atoms with Crippen molar-refractivity contribution in [2.45, 2.75) is 0 Å². The minimum absolute atomic E-state index is 0.319. The number of hydrogen-bond donors (Lipinski definition) is 0. The third kappa shape index (κ3) is 3.16. The zero-order chi connectivity index (χ0) is 13.8. The molecule has 19 heavy (non-hydrogen) atoms. The number of benzene rings is 1. The molecule has 5 heteroatoms. The third-order valence-electron chi connectivity index (χ3n) is 2.47. The van der Waals surface area contributed by atoms with Crippen molar-refractivity contribution < 1.29 is 0 Å². The molecule has 0 radical (unpaired) electrons. The summed E-state index contributed by atoms with van der Waals surface area (Å²) in [7, 11) is 0. The van der Waals surface area contributed by atoms with Crippen LogP contribution in [0, 0.1) is 11.3 Å². The number of pyridine rings is 1. The van der Waals surface area contributed by atoms with Gasteiger partial charge in [-0.3, -0.25) is 4.98 Å². The van der Waals surface area contributed by atoms with Gasteiger partial charge in [0, 0.05) is 27.5 Å². The standard InChI is InChI=1S/C14H7BrCl2N2/c15-10-1-2-13(16)11(7-10)14(17)12(8-18)9-3-5-19-6-4-9/h1-7H/b14-12-. The Labute approximate surface area is 129 Å². The van der Waals surface area contributed by atoms with Gasteiger partial charge in [-0.2, -0.15) is 5.26 Å². The van der Waals surface area contributed by atoms with Crippen molar-refractivity contribution >= 4 is 49.7 Å². The van der Waals surface area contributed by atoms with Gasteiger partial charge in [0.1, 0.15) is 6.07 Å². The average molecular weight is 354 g/mol. The SMILES string of the molecule is N#C/C(=C(/Cl)c1cc(Br)ccc1Cl)c1ccncc1. The van der Waals surface area contributed by atoms with E-state index in [4.69, 9.17) is 23.2 Å². The van der Waals surface area contributed by atoms with Gasteiger partial charge in [0.15, 0.2) is 0 Å². The zero-order valence-corrected chi connectivity index (χ0v) is 12.7. The van der Waals surface area contributed by atoms with Crippen LogP contribution in [0.1, 0.15) is 11.1 Å². The number of hydrogen-bond acceptors (Lipinski definition) is 2. The van der Waals surface area contributed by atoms with Crippen molar-refractivity contribution in [1.29, 1.82) is 5.26 Å². The Balaban J connectivity index is 2.62. The van der Waals surface area contributed by atoms with Crippen molar-refractivity contribution in [3.63, 3.8) is 0 Å². The predicted molar refractivity (Wildman–Crippen MR) is 81.7 cm³/mol. The highest BCUT2D eigenvalue weighted by molar-refractivity contribution is 9.10. The summed E-state index contributed by atoms with van der Waals surface area (Å²) in [6, 6.07) is 10.9. The lowest BCUT2D eigenvalue weighted by molar-refractivity contribution is 1.32. The van der Waals surface area contributed by atoms with E-state index in [9.17, 15) is 5.26 Å². The van der Waals surface area contributed by atoms with E-state index in [1.807, 2.05) is 6.07 Å². The van der Waals surface area contributed by atoms with Gasteiger partial charge in [-0.15, -0.1) is 0 Å². The Morgan fingerprint density at radius 1 is 1.21 bits per heavy atom. The van der Waals surface area contributed by atoms with Crippen molar-refractivity contribution in [3.8, 4) is 6.07 Å². The van der Waals surface area contributed by atoms with E-state index < -0.39 is 0 Å². The summed E-state index contributed by atoms with van der Waals surface area (Å²) in [5.41, 5.74) is 1.69. The summed E-state index contributed by atoms with van der Waals surface area (Å²) in [4.78, 5) is 3.92. The molecule has 0 unspecified atom stereocenters. The van der Waals surface area contributed by atoms with Crippen LogP contribution >= 0.6 is 39.1 Å². The Morgan fingerprint density at radius 2 is 1.89 bits per heavy atom. The Morgan fingerprint density at radius 3 is 2.53 bits per heavy atom. The topological polar surface area (TPSA) is 36.7 Å². The second-order valence-corrected chi connectivity index (χ2v) is 5.36. The molecule has 0 saturated heterocycles. The molecule has 0 N–H and O–H groups in total. The molecule has 0 saturated carbocycles. The second-order valence-electron chi connectivity index (χ2n) is 3.66. The smallest absolute Gasteiger partial charge is 0.101 e. The van der Waals surface area contributed by atoms with E-state index in [1.165, 1.54) is 0 Å². The maximum absolute atomic E-state index is 9.30. The second kappa shape index (κ2) is 6.21. The van der Waals surface area contributed by atoms with Crippen LogP contribution in [0.4, 0.5) is 0 Å². The van der Waals surface area contributed by atoms with Gasteiger partial charge < -0.3 is 0 Å². The van der Waals surface area contributed by atoms with Crippen molar-refractivity contribution in [2.75, 3.05) is 0 Å². The summed E-state index contributed by atoms with van der Waals surface area (Å²) in [6.07, 6.45) is 3.22. The lowest BCUT2D eigenvalue weighted by Gasteiger charge is -2.07. The first-order valence-electron chi connectivity index (χ1n) is 5.29. The van der Waals surface area contributed by atoms with Crippen LogP contribution < -0.4 is 0 Å². The Kier molecular flexibility index (Phi) is 4.60. The molecule has 1 aromatic carbocycles. The maximum Gasteiger partial charge on any atom is 0.101 e. The highest BCUT2D eigenvalue weighted by Gasteiger charge is 2.12. The number of aromatic nitrogens is 1. The first kappa shape index (κ1) is 14.1. The molecule has 0 fully saturated rings. The molecule has 2 nitrogen and oxygen atoms in total. The fraction of sp³-hybridized carbons (Fsp3) is 0. The first-order chi connectivity index (χ1) is 9.13.